The Kier molecular flexibility index (Phi) is 5.70. The van der Waals surface area contributed by atoms with Crippen LogP contribution in [0.2, 0.25) is 0 Å². The molecule has 0 radical (unpaired) electrons. The number of hydrogen-bond donors (Lipinski definition) is 0. The van der Waals surface area contributed by atoms with Gasteiger partial charge in [0.15, 0.2) is 5.01 Å². The number of aryl methyl sites for hydroxylation is 1. The van der Waals surface area contributed by atoms with Crippen LogP contribution in [-0.4, -0.2) is 69.7 Å². The number of hydrogen-bond acceptors (Lipinski definition) is 10. The van der Waals surface area contributed by atoms with E-state index < -0.39 is 0 Å². The standard InChI is InChI=1S/C23H27FN6O3S/c1-15-26-27-21(34-15)11-31-20-3-2-17(24)8-19(20)16-4-6-29(7-5-16)18-9-23(33-10-18)12-30(13-23)22-28-25-14-32-22/h2-3,8,14,16,18H,4-7,9-13H2,1H3. The lowest BCUT2D eigenvalue weighted by Gasteiger charge is -2.46. The molecule has 2 aromatic heterocycles. The van der Waals surface area contributed by atoms with E-state index in [1.807, 2.05) is 6.92 Å². The maximum absolute atomic E-state index is 14.1. The van der Waals surface area contributed by atoms with E-state index in [1.54, 1.807) is 12.1 Å². The average molecular weight is 487 g/mol. The van der Waals surface area contributed by atoms with Gasteiger partial charge in [-0.15, -0.1) is 15.3 Å². The van der Waals surface area contributed by atoms with Crippen LogP contribution in [0.1, 0.15) is 40.8 Å². The molecule has 3 aromatic rings. The first-order valence-electron chi connectivity index (χ1n) is 11.7. The number of nitrogens with zero attached hydrogens (tertiary/aromatic N) is 6. The highest BCUT2D eigenvalue weighted by atomic mass is 32.1. The number of halogens is 1. The van der Waals surface area contributed by atoms with Gasteiger partial charge in [0.05, 0.1) is 19.7 Å². The highest BCUT2D eigenvalue weighted by Gasteiger charge is 2.52. The van der Waals surface area contributed by atoms with Crippen LogP contribution in [-0.2, 0) is 11.3 Å². The van der Waals surface area contributed by atoms with Gasteiger partial charge in [-0.05, 0) is 63.4 Å². The topological polar surface area (TPSA) is 89.6 Å². The van der Waals surface area contributed by atoms with Crippen LogP contribution < -0.4 is 9.64 Å². The molecule has 180 valence electrons. The molecule has 3 saturated heterocycles. The highest BCUT2D eigenvalue weighted by molar-refractivity contribution is 7.11. The van der Waals surface area contributed by atoms with Crippen molar-refractivity contribution in [1.82, 2.24) is 25.3 Å². The lowest BCUT2D eigenvalue weighted by Crippen LogP contribution is -2.62. The molecule has 1 unspecified atom stereocenters. The predicted octanol–water partition coefficient (Wildman–Crippen LogP) is 3.17. The van der Waals surface area contributed by atoms with E-state index in [2.05, 4.69) is 30.2 Å². The minimum atomic E-state index is -0.224. The van der Waals surface area contributed by atoms with Gasteiger partial charge in [-0.3, -0.25) is 4.90 Å². The maximum Gasteiger partial charge on any atom is 0.318 e. The predicted molar refractivity (Wildman–Crippen MR) is 123 cm³/mol. The first kappa shape index (κ1) is 21.9. The van der Waals surface area contributed by atoms with E-state index in [1.165, 1.54) is 23.8 Å². The Balaban J connectivity index is 1.05. The zero-order chi connectivity index (χ0) is 23.1. The molecule has 3 aliphatic heterocycles. The van der Waals surface area contributed by atoms with E-state index in [0.717, 1.165) is 73.4 Å². The van der Waals surface area contributed by atoms with Crippen molar-refractivity contribution in [2.45, 2.75) is 50.4 Å². The third kappa shape index (κ3) is 4.27. The molecule has 1 atom stereocenters. The molecule has 3 aliphatic rings. The highest BCUT2D eigenvalue weighted by Crippen LogP contribution is 2.41. The van der Waals surface area contributed by atoms with Gasteiger partial charge in [-0.2, -0.15) is 0 Å². The maximum atomic E-state index is 14.1. The van der Waals surface area contributed by atoms with E-state index in [4.69, 9.17) is 13.9 Å². The summed E-state index contributed by atoms with van der Waals surface area (Å²) in [7, 11) is 0. The van der Waals surface area contributed by atoms with Gasteiger partial charge in [-0.1, -0.05) is 16.4 Å². The second-order valence-corrected chi connectivity index (χ2v) is 10.7. The molecule has 0 bridgehead atoms. The Hall–Kier alpha value is -2.63. The number of likely N-dealkylation sites (tertiary alicyclic amines) is 1. The minimum Gasteiger partial charge on any atom is -0.486 e. The van der Waals surface area contributed by atoms with Crippen LogP contribution in [0, 0.1) is 12.7 Å². The van der Waals surface area contributed by atoms with Gasteiger partial charge in [0, 0.05) is 11.6 Å². The fourth-order valence-corrected chi connectivity index (χ4v) is 6.07. The van der Waals surface area contributed by atoms with Gasteiger partial charge in [0.2, 0.25) is 6.39 Å². The zero-order valence-corrected chi connectivity index (χ0v) is 19.8. The number of aromatic nitrogens is 4. The summed E-state index contributed by atoms with van der Waals surface area (Å²) in [5, 5.41) is 17.6. The summed E-state index contributed by atoms with van der Waals surface area (Å²) in [6, 6.07) is 5.81. The SMILES string of the molecule is Cc1nnc(COc2ccc(F)cc2C2CCN(C3COC4(C3)CN(c3nnco3)C4)CC2)s1. The van der Waals surface area contributed by atoms with E-state index in [-0.39, 0.29) is 17.3 Å². The molecule has 1 aromatic carbocycles. The summed E-state index contributed by atoms with van der Waals surface area (Å²) in [5.41, 5.74) is 0.844. The molecule has 34 heavy (non-hydrogen) atoms. The van der Waals surface area contributed by atoms with Gasteiger partial charge in [0.25, 0.3) is 0 Å². The van der Waals surface area contributed by atoms with Gasteiger partial charge in [0.1, 0.15) is 28.8 Å². The summed E-state index contributed by atoms with van der Waals surface area (Å²) in [5.74, 6) is 0.788. The smallest absolute Gasteiger partial charge is 0.318 e. The average Bonchev–Trinajstić information content (AvgIpc) is 3.58. The van der Waals surface area contributed by atoms with Crippen molar-refractivity contribution in [3.63, 3.8) is 0 Å². The van der Waals surface area contributed by atoms with Crippen LogP contribution in [0.3, 0.4) is 0 Å². The summed E-state index contributed by atoms with van der Waals surface area (Å²) >= 11 is 1.52. The van der Waals surface area contributed by atoms with E-state index in [9.17, 15) is 4.39 Å². The van der Waals surface area contributed by atoms with Crippen LogP contribution in [0.5, 0.6) is 5.75 Å². The first-order chi connectivity index (χ1) is 16.6. The lowest BCUT2D eigenvalue weighted by molar-refractivity contribution is -0.0216. The summed E-state index contributed by atoms with van der Waals surface area (Å²) in [6.07, 6.45) is 4.30. The number of benzene rings is 1. The van der Waals surface area contributed by atoms with E-state index in [0.29, 0.717) is 18.7 Å². The lowest BCUT2D eigenvalue weighted by atomic mass is 9.86. The van der Waals surface area contributed by atoms with Crippen molar-refractivity contribution in [3.8, 4) is 5.75 Å². The number of anilines is 1. The molecule has 9 nitrogen and oxygen atoms in total. The summed E-state index contributed by atoms with van der Waals surface area (Å²) in [4.78, 5) is 4.60. The third-order valence-electron chi connectivity index (χ3n) is 7.14. The molecule has 1 spiro atoms. The van der Waals surface area contributed by atoms with Crippen LogP contribution in [0.15, 0.2) is 29.0 Å². The number of piperidine rings is 1. The number of rotatable bonds is 6. The van der Waals surface area contributed by atoms with Gasteiger partial charge >= 0.3 is 6.01 Å². The molecule has 0 aliphatic carbocycles. The Bertz CT molecular complexity index is 1130. The van der Waals surface area contributed by atoms with Crippen molar-refractivity contribution in [3.05, 3.63) is 46.0 Å². The van der Waals surface area contributed by atoms with Crippen molar-refractivity contribution >= 4 is 17.4 Å². The second-order valence-electron chi connectivity index (χ2n) is 9.43. The molecule has 5 heterocycles. The molecule has 11 heteroatoms. The van der Waals surface area contributed by atoms with Crippen LogP contribution in [0.4, 0.5) is 10.4 Å². The quantitative estimate of drug-likeness (QED) is 0.521. The first-order valence-corrected chi connectivity index (χ1v) is 12.5. The second kappa shape index (κ2) is 8.86. The minimum absolute atomic E-state index is 0.109. The molecular formula is C23H27FN6O3S. The summed E-state index contributed by atoms with van der Waals surface area (Å²) in [6.45, 7) is 6.54. The Morgan fingerprint density at radius 1 is 1.21 bits per heavy atom. The molecule has 3 fully saturated rings. The Morgan fingerprint density at radius 2 is 2.06 bits per heavy atom. The fraction of sp³-hybridized carbons (Fsp3) is 0.565. The van der Waals surface area contributed by atoms with Crippen molar-refractivity contribution < 1.29 is 18.3 Å². The molecule has 0 saturated carbocycles. The molecule has 0 N–H and O–H groups in total. The van der Waals surface area contributed by atoms with E-state index >= 15 is 0 Å². The zero-order valence-electron chi connectivity index (χ0n) is 19.0. The van der Waals surface area contributed by atoms with Crippen molar-refractivity contribution in [1.29, 1.82) is 0 Å². The third-order valence-corrected chi connectivity index (χ3v) is 7.96. The largest absolute Gasteiger partial charge is 0.486 e. The normalized spacial score (nSPS) is 22.9. The molecule has 6 rings (SSSR count). The van der Waals surface area contributed by atoms with Crippen molar-refractivity contribution in [2.24, 2.45) is 0 Å². The molecular weight excluding hydrogens is 459 g/mol. The van der Waals surface area contributed by atoms with Crippen molar-refractivity contribution in [2.75, 3.05) is 37.7 Å². The Labute approximate surface area is 200 Å². The summed E-state index contributed by atoms with van der Waals surface area (Å²) < 4.78 is 31.7. The van der Waals surface area contributed by atoms with Crippen LogP contribution >= 0.6 is 11.3 Å². The number of ether oxygens (including phenoxy) is 2. The van der Waals surface area contributed by atoms with Gasteiger partial charge in [-0.25, -0.2) is 4.39 Å². The van der Waals surface area contributed by atoms with Crippen LogP contribution in [0.25, 0.3) is 0 Å². The molecule has 0 amide bonds. The Morgan fingerprint density at radius 3 is 2.79 bits per heavy atom. The van der Waals surface area contributed by atoms with Gasteiger partial charge < -0.3 is 18.8 Å². The monoisotopic (exact) mass is 486 g/mol. The fourth-order valence-electron chi connectivity index (χ4n) is 5.45.